The van der Waals surface area contributed by atoms with Gasteiger partial charge in [0.2, 0.25) is 10.0 Å². The second-order valence-electron chi connectivity index (χ2n) is 11.5. The van der Waals surface area contributed by atoms with E-state index in [2.05, 4.69) is 15.9 Å². The molecule has 1 unspecified atom stereocenters. The van der Waals surface area contributed by atoms with E-state index < -0.39 is 10.0 Å². The highest BCUT2D eigenvalue weighted by Crippen LogP contribution is 2.41. The molecule has 3 aliphatic heterocycles. The van der Waals surface area contributed by atoms with E-state index >= 15 is 0 Å². The van der Waals surface area contributed by atoms with E-state index in [4.69, 9.17) is 34.8 Å². The van der Waals surface area contributed by atoms with Gasteiger partial charge in [-0.1, -0.05) is 46.9 Å². The van der Waals surface area contributed by atoms with Crippen molar-refractivity contribution in [3.05, 3.63) is 68.7 Å². The van der Waals surface area contributed by atoms with Gasteiger partial charge in [0.25, 0.3) is 5.91 Å². The summed E-state index contributed by atoms with van der Waals surface area (Å²) in [6.45, 7) is 7.10. The summed E-state index contributed by atoms with van der Waals surface area (Å²) >= 11 is 18.9. The average molecular weight is 628 g/mol. The minimum atomic E-state index is -3.11. The van der Waals surface area contributed by atoms with Crippen LogP contribution in [0.25, 0.3) is 0 Å². The Morgan fingerprint density at radius 3 is 2.40 bits per heavy atom. The average Bonchev–Trinajstić information content (AvgIpc) is 2.91. The summed E-state index contributed by atoms with van der Waals surface area (Å²) in [5.41, 5.74) is 1.55. The van der Waals surface area contributed by atoms with Crippen LogP contribution >= 0.6 is 34.8 Å². The maximum atomic E-state index is 13.5. The smallest absolute Gasteiger partial charge is 0.253 e. The van der Waals surface area contributed by atoms with Crippen molar-refractivity contribution in [2.24, 2.45) is 0 Å². The van der Waals surface area contributed by atoms with E-state index in [1.54, 1.807) is 16.4 Å². The fourth-order valence-electron chi connectivity index (χ4n) is 6.52. The number of hydrogen-bond donors (Lipinski definition) is 0. The van der Waals surface area contributed by atoms with Crippen LogP contribution in [0.15, 0.2) is 42.5 Å². The van der Waals surface area contributed by atoms with Crippen molar-refractivity contribution < 1.29 is 13.2 Å². The SMILES string of the molecule is CS(=O)(=O)N1CCN(C2CN(CCCC3(c4ccc(Cl)c(Cl)c4)CCCN(C(=O)c4cccc(Cl)c4)C3)C2)CC1. The molecule has 11 heteroatoms. The molecule has 3 aliphatic rings. The van der Waals surface area contributed by atoms with E-state index in [1.807, 2.05) is 29.2 Å². The number of carbonyl (C=O) groups is 1. The van der Waals surface area contributed by atoms with Crippen molar-refractivity contribution in [3.8, 4) is 0 Å². The fraction of sp³-hybridized carbons (Fsp3) is 0.552. The Kier molecular flexibility index (Phi) is 9.37. The molecule has 2 aromatic rings. The Hall–Kier alpha value is -1.39. The first-order valence-electron chi connectivity index (χ1n) is 14.0. The van der Waals surface area contributed by atoms with E-state index in [0.29, 0.717) is 46.3 Å². The summed E-state index contributed by atoms with van der Waals surface area (Å²) < 4.78 is 25.2. The molecule has 1 atom stereocenters. The third kappa shape index (κ3) is 6.80. The number of rotatable bonds is 8. The summed E-state index contributed by atoms with van der Waals surface area (Å²) in [5.74, 6) is 0.00758. The lowest BCUT2D eigenvalue weighted by Crippen LogP contribution is -2.63. The zero-order chi connectivity index (χ0) is 28.5. The monoisotopic (exact) mass is 626 g/mol. The summed E-state index contributed by atoms with van der Waals surface area (Å²) in [6, 6.07) is 13.6. The predicted octanol–water partition coefficient (Wildman–Crippen LogP) is 4.86. The molecule has 0 radical (unpaired) electrons. The highest BCUT2D eigenvalue weighted by Gasteiger charge is 2.40. The Morgan fingerprint density at radius 2 is 1.73 bits per heavy atom. The highest BCUT2D eigenvalue weighted by molar-refractivity contribution is 7.88. The van der Waals surface area contributed by atoms with Crippen LogP contribution in [0.5, 0.6) is 0 Å². The lowest BCUT2D eigenvalue weighted by Gasteiger charge is -2.48. The summed E-state index contributed by atoms with van der Waals surface area (Å²) in [7, 11) is -3.11. The van der Waals surface area contributed by atoms with Gasteiger partial charge >= 0.3 is 0 Å². The molecule has 5 rings (SSSR count). The molecular formula is C29H37Cl3N4O3S. The van der Waals surface area contributed by atoms with Gasteiger partial charge in [-0.3, -0.25) is 9.69 Å². The summed E-state index contributed by atoms with van der Waals surface area (Å²) in [4.78, 5) is 20.3. The lowest BCUT2D eigenvalue weighted by molar-refractivity contribution is 0.0147. The molecule has 40 heavy (non-hydrogen) atoms. The zero-order valence-electron chi connectivity index (χ0n) is 22.9. The number of benzene rings is 2. The molecule has 0 bridgehead atoms. The van der Waals surface area contributed by atoms with E-state index in [0.717, 1.165) is 70.5 Å². The molecule has 0 N–H and O–H groups in total. The van der Waals surface area contributed by atoms with Gasteiger partial charge < -0.3 is 9.80 Å². The number of piperidine rings is 1. The zero-order valence-corrected chi connectivity index (χ0v) is 26.0. The number of halogens is 3. The summed E-state index contributed by atoms with van der Waals surface area (Å²) in [6.07, 6.45) is 5.14. The fourth-order valence-corrected chi connectivity index (χ4v) is 7.83. The van der Waals surface area contributed by atoms with Gasteiger partial charge in [0.05, 0.1) is 16.3 Å². The molecule has 3 saturated heterocycles. The molecule has 218 valence electrons. The van der Waals surface area contributed by atoms with Crippen LogP contribution in [0.4, 0.5) is 0 Å². The van der Waals surface area contributed by atoms with Crippen LogP contribution in [0.3, 0.4) is 0 Å². The van der Waals surface area contributed by atoms with Crippen molar-refractivity contribution in [1.82, 2.24) is 19.0 Å². The Balaban J connectivity index is 1.21. The number of piperazine rings is 1. The number of amides is 1. The van der Waals surface area contributed by atoms with Crippen LogP contribution in [0, 0.1) is 0 Å². The molecule has 0 saturated carbocycles. The van der Waals surface area contributed by atoms with Crippen LogP contribution in [-0.4, -0.2) is 105 Å². The topological polar surface area (TPSA) is 64.2 Å². The van der Waals surface area contributed by atoms with Gasteiger partial charge in [0.15, 0.2) is 0 Å². The van der Waals surface area contributed by atoms with Crippen LogP contribution in [0.1, 0.15) is 41.6 Å². The van der Waals surface area contributed by atoms with Crippen LogP contribution < -0.4 is 0 Å². The summed E-state index contributed by atoms with van der Waals surface area (Å²) in [5, 5.41) is 1.63. The highest BCUT2D eigenvalue weighted by atomic mass is 35.5. The standard InChI is InChI=1S/C29H37Cl3N4O3S/c1-40(38,39)36-15-13-34(14-16-36)25-19-33(20-25)11-3-9-29(23-7-8-26(31)27(32)18-23)10-4-12-35(21-29)28(37)22-5-2-6-24(30)17-22/h2,5-8,17-18,25H,3-4,9-16,19-21H2,1H3. The first kappa shape index (κ1) is 30.1. The van der Waals surface area contributed by atoms with Crippen molar-refractivity contribution >= 4 is 50.7 Å². The van der Waals surface area contributed by atoms with Crippen LogP contribution in [0.2, 0.25) is 15.1 Å². The van der Waals surface area contributed by atoms with Gasteiger partial charge in [0.1, 0.15) is 0 Å². The Morgan fingerprint density at radius 1 is 0.975 bits per heavy atom. The van der Waals surface area contributed by atoms with Crippen LogP contribution in [-0.2, 0) is 15.4 Å². The number of nitrogens with zero attached hydrogens (tertiary/aromatic N) is 4. The second kappa shape index (κ2) is 12.5. The number of likely N-dealkylation sites (tertiary alicyclic amines) is 2. The van der Waals surface area contributed by atoms with Gasteiger partial charge in [-0.05, 0) is 68.1 Å². The third-order valence-corrected chi connectivity index (χ3v) is 11.1. The Bertz CT molecular complexity index is 1330. The third-order valence-electron chi connectivity index (χ3n) is 8.79. The van der Waals surface area contributed by atoms with Gasteiger partial charge in [0, 0.05) is 74.4 Å². The minimum absolute atomic E-state index is 0.00758. The number of sulfonamides is 1. The normalized spacial score (nSPS) is 23.8. The largest absolute Gasteiger partial charge is 0.338 e. The molecule has 1 amide bonds. The second-order valence-corrected chi connectivity index (χ2v) is 14.7. The van der Waals surface area contributed by atoms with E-state index in [1.165, 1.54) is 6.26 Å². The van der Waals surface area contributed by atoms with E-state index in [9.17, 15) is 13.2 Å². The minimum Gasteiger partial charge on any atom is -0.338 e. The molecule has 0 aliphatic carbocycles. The quantitative estimate of drug-likeness (QED) is 0.418. The maximum Gasteiger partial charge on any atom is 0.253 e. The van der Waals surface area contributed by atoms with Gasteiger partial charge in [-0.2, -0.15) is 4.31 Å². The molecule has 2 aromatic carbocycles. The van der Waals surface area contributed by atoms with Crippen molar-refractivity contribution in [2.45, 2.75) is 37.1 Å². The first-order chi connectivity index (χ1) is 19.0. The molecule has 0 aromatic heterocycles. The van der Waals surface area contributed by atoms with Gasteiger partial charge in [-0.25, -0.2) is 8.42 Å². The molecular weight excluding hydrogens is 591 g/mol. The Labute approximate surface area is 253 Å². The predicted molar refractivity (Wildman–Crippen MR) is 162 cm³/mol. The molecule has 0 spiro atoms. The molecule has 3 fully saturated rings. The number of carbonyl (C=O) groups excluding carboxylic acids is 1. The van der Waals surface area contributed by atoms with E-state index in [-0.39, 0.29) is 11.3 Å². The van der Waals surface area contributed by atoms with Crippen molar-refractivity contribution in [2.75, 3.05) is 65.2 Å². The molecule has 3 heterocycles. The first-order valence-corrected chi connectivity index (χ1v) is 16.9. The molecule has 7 nitrogen and oxygen atoms in total. The van der Waals surface area contributed by atoms with Crippen molar-refractivity contribution in [3.63, 3.8) is 0 Å². The lowest BCUT2D eigenvalue weighted by atomic mass is 9.70. The van der Waals surface area contributed by atoms with Gasteiger partial charge in [-0.15, -0.1) is 0 Å². The van der Waals surface area contributed by atoms with Crippen molar-refractivity contribution in [1.29, 1.82) is 0 Å². The maximum absolute atomic E-state index is 13.5. The number of hydrogen-bond acceptors (Lipinski definition) is 5.